The van der Waals surface area contributed by atoms with Gasteiger partial charge in [-0.15, -0.1) is 0 Å². The van der Waals surface area contributed by atoms with Crippen LogP contribution in [0.2, 0.25) is 0 Å². The Hall–Kier alpha value is -1.42. The first-order valence-corrected chi connectivity index (χ1v) is 4.65. The van der Waals surface area contributed by atoms with E-state index in [4.69, 9.17) is 21.1 Å². The van der Waals surface area contributed by atoms with Gasteiger partial charge in [0.1, 0.15) is 0 Å². The fraction of sp³-hybridized carbons (Fsp3) is 0.300. The number of nitrogens with one attached hydrogen (secondary N) is 1. The first kappa shape index (κ1) is 11.7. The number of aryl methyl sites for hydroxylation is 1. The maximum absolute atomic E-state index is 10.7. The highest BCUT2D eigenvalue weighted by molar-refractivity contribution is 6.65. The van der Waals surface area contributed by atoms with Crippen LogP contribution < -0.4 is 14.8 Å². The van der Waals surface area contributed by atoms with Crippen molar-refractivity contribution in [1.29, 1.82) is 0 Å². The summed E-state index contributed by atoms with van der Waals surface area (Å²) in [6, 6.07) is 3.43. The normalized spacial score (nSPS) is 9.60. The Kier molecular flexibility index (Phi) is 3.80. The van der Waals surface area contributed by atoms with Crippen molar-refractivity contribution in [2.45, 2.75) is 6.92 Å². The molecule has 0 saturated heterocycles. The molecule has 4 nitrogen and oxygen atoms in total. The lowest BCUT2D eigenvalue weighted by molar-refractivity contribution is 0.269. The molecule has 15 heavy (non-hydrogen) atoms. The molecule has 0 aromatic heterocycles. The van der Waals surface area contributed by atoms with E-state index in [1.807, 2.05) is 6.92 Å². The third-order valence-electron chi connectivity index (χ3n) is 1.96. The first-order chi connectivity index (χ1) is 7.08. The van der Waals surface area contributed by atoms with Gasteiger partial charge >= 0.3 is 5.37 Å². The van der Waals surface area contributed by atoms with Gasteiger partial charge in [-0.25, -0.2) is 0 Å². The standard InChI is InChI=1S/C10H12ClNO3/c1-6-4-8(14-2)9(15-3)5-7(6)12-10(11)13/h4-5H,1-3H3,(H,12,13). The SMILES string of the molecule is COc1cc(C)c(NC(=O)Cl)cc1OC. The van der Waals surface area contributed by atoms with E-state index < -0.39 is 5.37 Å². The summed E-state index contributed by atoms with van der Waals surface area (Å²) in [6.45, 7) is 1.84. The van der Waals surface area contributed by atoms with Gasteiger partial charge in [0.05, 0.1) is 14.2 Å². The molecule has 5 heteroatoms. The molecule has 0 atom stereocenters. The number of anilines is 1. The molecule has 1 N–H and O–H groups in total. The molecule has 1 amide bonds. The monoisotopic (exact) mass is 229 g/mol. The maximum atomic E-state index is 10.7. The number of amides is 1. The van der Waals surface area contributed by atoms with Gasteiger partial charge in [0, 0.05) is 11.8 Å². The van der Waals surface area contributed by atoms with Crippen LogP contribution >= 0.6 is 11.6 Å². The van der Waals surface area contributed by atoms with E-state index in [1.54, 1.807) is 19.2 Å². The zero-order chi connectivity index (χ0) is 11.4. The van der Waals surface area contributed by atoms with Gasteiger partial charge < -0.3 is 14.8 Å². The van der Waals surface area contributed by atoms with E-state index in [-0.39, 0.29) is 0 Å². The molecule has 0 fully saturated rings. The summed E-state index contributed by atoms with van der Waals surface area (Å²) >= 11 is 5.23. The van der Waals surface area contributed by atoms with E-state index in [2.05, 4.69) is 5.32 Å². The summed E-state index contributed by atoms with van der Waals surface area (Å²) < 4.78 is 10.2. The Morgan fingerprint density at radius 1 is 1.27 bits per heavy atom. The lowest BCUT2D eigenvalue weighted by Gasteiger charge is -2.12. The predicted molar refractivity (Wildman–Crippen MR) is 59.2 cm³/mol. The van der Waals surface area contributed by atoms with Gasteiger partial charge in [-0.2, -0.15) is 0 Å². The summed E-state index contributed by atoms with van der Waals surface area (Å²) in [6.07, 6.45) is 0. The molecule has 82 valence electrons. The van der Waals surface area contributed by atoms with Crippen molar-refractivity contribution in [2.24, 2.45) is 0 Å². The summed E-state index contributed by atoms with van der Waals surface area (Å²) in [5.41, 5.74) is 1.45. The van der Waals surface area contributed by atoms with Crippen LogP contribution in [-0.2, 0) is 0 Å². The fourth-order valence-electron chi connectivity index (χ4n) is 1.22. The molecule has 0 aliphatic heterocycles. The molecule has 0 aliphatic carbocycles. The number of halogens is 1. The molecule has 0 saturated carbocycles. The first-order valence-electron chi connectivity index (χ1n) is 4.27. The van der Waals surface area contributed by atoms with E-state index in [0.29, 0.717) is 17.2 Å². The Labute approximate surface area is 93.1 Å². The van der Waals surface area contributed by atoms with E-state index in [9.17, 15) is 4.79 Å². The van der Waals surface area contributed by atoms with E-state index in [0.717, 1.165) is 5.56 Å². The average Bonchev–Trinajstić information content (AvgIpc) is 2.19. The van der Waals surface area contributed by atoms with Crippen LogP contribution in [0.4, 0.5) is 10.5 Å². The predicted octanol–water partition coefficient (Wildman–Crippen LogP) is 2.78. The third-order valence-corrected chi connectivity index (χ3v) is 2.06. The van der Waals surface area contributed by atoms with Crippen LogP contribution in [0.1, 0.15) is 5.56 Å². The minimum Gasteiger partial charge on any atom is -0.493 e. The average molecular weight is 230 g/mol. The second-order valence-corrected chi connectivity index (χ2v) is 3.26. The second-order valence-electron chi connectivity index (χ2n) is 2.92. The largest absolute Gasteiger partial charge is 0.493 e. The van der Waals surface area contributed by atoms with E-state index >= 15 is 0 Å². The van der Waals surface area contributed by atoms with Crippen LogP contribution in [0, 0.1) is 6.92 Å². The van der Waals surface area contributed by atoms with Crippen LogP contribution in [0.3, 0.4) is 0 Å². The van der Waals surface area contributed by atoms with Crippen molar-refractivity contribution in [2.75, 3.05) is 19.5 Å². The topological polar surface area (TPSA) is 47.6 Å². The number of carbonyl (C=O) groups excluding carboxylic acids is 1. The molecule has 0 unspecified atom stereocenters. The Balaban J connectivity index is 3.13. The Bertz CT molecular complexity index is 379. The number of methoxy groups -OCH3 is 2. The second kappa shape index (κ2) is 4.89. The van der Waals surface area contributed by atoms with Crippen molar-refractivity contribution in [3.05, 3.63) is 17.7 Å². The van der Waals surface area contributed by atoms with Crippen LogP contribution in [0.15, 0.2) is 12.1 Å². The smallest absolute Gasteiger partial charge is 0.318 e. The highest BCUT2D eigenvalue weighted by Crippen LogP contribution is 2.32. The van der Waals surface area contributed by atoms with Gasteiger partial charge in [-0.05, 0) is 30.2 Å². The van der Waals surface area contributed by atoms with Crippen molar-refractivity contribution in [3.8, 4) is 11.5 Å². The number of hydrogen-bond donors (Lipinski definition) is 1. The van der Waals surface area contributed by atoms with Crippen molar-refractivity contribution in [1.82, 2.24) is 0 Å². The molecule has 0 heterocycles. The summed E-state index contributed by atoms with van der Waals surface area (Å²) in [5.74, 6) is 1.16. The number of hydrogen-bond acceptors (Lipinski definition) is 3. The Morgan fingerprint density at radius 3 is 2.27 bits per heavy atom. The third kappa shape index (κ3) is 2.76. The van der Waals surface area contributed by atoms with Crippen LogP contribution in [0.25, 0.3) is 0 Å². The number of benzene rings is 1. The van der Waals surface area contributed by atoms with Crippen molar-refractivity contribution >= 4 is 22.7 Å². The minimum absolute atomic E-state index is 0.545. The zero-order valence-electron chi connectivity index (χ0n) is 8.76. The van der Waals surface area contributed by atoms with Crippen LogP contribution in [-0.4, -0.2) is 19.6 Å². The summed E-state index contributed by atoms with van der Waals surface area (Å²) in [7, 11) is 3.08. The molecule has 1 aromatic rings. The fourth-order valence-corrected chi connectivity index (χ4v) is 1.32. The summed E-state index contributed by atoms with van der Waals surface area (Å²) in [5, 5.41) is 1.86. The highest BCUT2D eigenvalue weighted by atomic mass is 35.5. The van der Waals surface area contributed by atoms with Gasteiger partial charge in [0.2, 0.25) is 0 Å². The molecule has 0 aliphatic rings. The van der Waals surface area contributed by atoms with Gasteiger partial charge in [0.15, 0.2) is 11.5 Å². The molecular weight excluding hydrogens is 218 g/mol. The number of rotatable bonds is 3. The number of carbonyl (C=O) groups is 1. The summed E-state index contributed by atoms with van der Waals surface area (Å²) in [4.78, 5) is 10.7. The lowest BCUT2D eigenvalue weighted by Crippen LogP contribution is -2.03. The lowest BCUT2D eigenvalue weighted by atomic mass is 10.2. The Morgan fingerprint density at radius 2 is 1.80 bits per heavy atom. The molecule has 0 radical (unpaired) electrons. The molecule has 0 spiro atoms. The highest BCUT2D eigenvalue weighted by Gasteiger charge is 2.09. The maximum Gasteiger partial charge on any atom is 0.318 e. The minimum atomic E-state index is -0.634. The van der Waals surface area contributed by atoms with Crippen LogP contribution in [0.5, 0.6) is 11.5 Å². The molecule has 1 aromatic carbocycles. The van der Waals surface area contributed by atoms with Gasteiger partial charge in [-0.1, -0.05) is 0 Å². The number of ether oxygens (including phenoxy) is 2. The van der Waals surface area contributed by atoms with Crippen molar-refractivity contribution < 1.29 is 14.3 Å². The molecule has 0 bridgehead atoms. The molecular formula is C10H12ClNO3. The van der Waals surface area contributed by atoms with Crippen molar-refractivity contribution in [3.63, 3.8) is 0 Å². The van der Waals surface area contributed by atoms with Gasteiger partial charge in [0.25, 0.3) is 0 Å². The van der Waals surface area contributed by atoms with Gasteiger partial charge in [-0.3, -0.25) is 4.79 Å². The zero-order valence-corrected chi connectivity index (χ0v) is 9.51. The van der Waals surface area contributed by atoms with E-state index in [1.165, 1.54) is 7.11 Å². The molecule has 1 rings (SSSR count). The quantitative estimate of drug-likeness (QED) is 0.641.